The number of rotatable bonds is 6. The quantitative estimate of drug-likeness (QED) is 0.616. The molecule has 1 rings (SSSR count). The normalized spacial score (nSPS) is 10.6. The van der Waals surface area contributed by atoms with Gasteiger partial charge >= 0.3 is 5.69 Å². The van der Waals surface area contributed by atoms with Crippen molar-refractivity contribution in [3.05, 3.63) is 33.3 Å². The van der Waals surface area contributed by atoms with E-state index in [1.807, 2.05) is 0 Å². The highest BCUT2D eigenvalue weighted by atomic mass is 35.5. The summed E-state index contributed by atoms with van der Waals surface area (Å²) in [7, 11) is 0. The Morgan fingerprint density at radius 1 is 1.41 bits per heavy atom. The van der Waals surface area contributed by atoms with Crippen molar-refractivity contribution >= 4 is 23.0 Å². The van der Waals surface area contributed by atoms with E-state index in [2.05, 4.69) is 19.2 Å². The number of para-hydroxylation sites is 1. The number of anilines is 1. The van der Waals surface area contributed by atoms with Gasteiger partial charge in [-0.05, 0) is 18.1 Å². The van der Waals surface area contributed by atoms with Crippen molar-refractivity contribution in [3.63, 3.8) is 0 Å². The molecule has 0 unspecified atom stereocenters. The molecule has 0 fully saturated rings. The lowest BCUT2D eigenvalue weighted by Gasteiger charge is -2.14. The van der Waals surface area contributed by atoms with Crippen LogP contribution in [0, 0.1) is 16.0 Å². The lowest BCUT2D eigenvalue weighted by Crippen LogP contribution is -2.13. The summed E-state index contributed by atoms with van der Waals surface area (Å²) in [6, 6.07) is 4.93. The minimum absolute atomic E-state index is 0.0416. The van der Waals surface area contributed by atoms with E-state index in [4.69, 9.17) is 11.6 Å². The Morgan fingerprint density at radius 3 is 2.59 bits per heavy atom. The predicted molar refractivity (Wildman–Crippen MR) is 70.7 cm³/mol. The van der Waals surface area contributed by atoms with Gasteiger partial charge in [-0.15, -0.1) is 0 Å². The minimum atomic E-state index is -0.447. The number of nitro groups is 1. The molecule has 1 aromatic rings. The number of nitro benzene ring substituents is 1. The lowest BCUT2D eigenvalue weighted by molar-refractivity contribution is -0.383. The zero-order valence-electron chi connectivity index (χ0n) is 10.1. The molecule has 0 aliphatic rings. The fraction of sp³-hybridized carbons (Fsp3) is 0.500. The summed E-state index contributed by atoms with van der Waals surface area (Å²) < 4.78 is 0. The van der Waals surface area contributed by atoms with Gasteiger partial charge in [0.15, 0.2) is 0 Å². The van der Waals surface area contributed by atoms with Crippen LogP contribution in [-0.2, 0) is 0 Å². The molecular formula is C12H17ClN2O2. The standard InChI is InChI=1S/C12H17ClN2O2/c1-3-9(4-2)8-14-11-7-5-6-10(13)12(11)15(16)17/h5-7,9,14H,3-4,8H2,1-2H3. The van der Waals surface area contributed by atoms with E-state index in [9.17, 15) is 10.1 Å². The number of halogens is 1. The van der Waals surface area contributed by atoms with Crippen molar-refractivity contribution in [2.24, 2.45) is 5.92 Å². The minimum Gasteiger partial charge on any atom is -0.379 e. The third kappa shape index (κ3) is 3.60. The van der Waals surface area contributed by atoms with Crippen LogP contribution in [0.5, 0.6) is 0 Å². The number of benzene rings is 1. The molecule has 0 amide bonds. The van der Waals surface area contributed by atoms with Crippen molar-refractivity contribution in [2.45, 2.75) is 26.7 Å². The van der Waals surface area contributed by atoms with E-state index >= 15 is 0 Å². The van der Waals surface area contributed by atoms with E-state index in [1.165, 1.54) is 6.07 Å². The number of nitrogens with one attached hydrogen (secondary N) is 1. The Morgan fingerprint density at radius 2 is 2.06 bits per heavy atom. The van der Waals surface area contributed by atoms with E-state index in [-0.39, 0.29) is 10.7 Å². The molecule has 1 aromatic carbocycles. The molecule has 17 heavy (non-hydrogen) atoms. The fourth-order valence-electron chi connectivity index (χ4n) is 1.68. The average molecular weight is 257 g/mol. The Kier molecular flexibility index (Phi) is 5.22. The smallest absolute Gasteiger partial charge is 0.310 e. The van der Waals surface area contributed by atoms with Gasteiger partial charge in [0.25, 0.3) is 0 Å². The largest absolute Gasteiger partial charge is 0.379 e. The monoisotopic (exact) mass is 256 g/mol. The Hall–Kier alpha value is -1.29. The SMILES string of the molecule is CCC(CC)CNc1cccc(Cl)c1[N+](=O)[O-]. The summed E-state index contributed by atoms with van der Waals surface area (Å²) in [6.07, 6.45) is 2.11. The number of hydrogen-bond donors (Lipinski definition) is 1. The molecule has 94 valence electrons. The number of nitrogens with zero attached hydrogens (tertiary/aromatic N) is 1. The first-order valence-corrected chi connectivity index (χ1v) is 6.14. The van der Waals surface area contributed by atoms with Gasteiger partial charge in [-0.2, -0.15) is 0 Å². The molecule has 0 aromatic heterocycles. The van der Waals surface area contributed by atoms with Gasteiger partial charge in [0.1, 0.15) is 10.7 Å². The molecule has 0 atom stereocenters. The molecule has 0 aliphatic heterocycles. The van der Waals surface area contributed by atoms with Crippen LogP contribution in [0.15, 0.2) is 18.2 Å². The second-order valence-corrected chi connectivity index (χ2v) is 4.36. The Bertz CT molecular complexity index is 392. The van der Waals surface area contributed by atoms with Crippen LogP contribution >= 0.6 is 11.6 Å². The molecule has 0 spiro atoms. The zero-order valence-corrected chi connectivity index (χ0v) is 10.8. The third-order valence-electron chi connectivity index (χ3n) is 2.91. The summed E-state index contributed by atoms with van der Waals surface area (Å²) in [5, 5.41) is 14.2. The average Bonchev–Trinajstić information content (AvgIpc) is 2.29. The van der Waals surface area contributed by atoms with Crippen LogP contribution < -0.4 is 5.32 Å². The van der Waals surface area contributed by atoms with E-state index in [0.717, 1.165) is 19.4 Å². The van der Waals surface area contributed by atoms with Gasteiger partial charge in [0, 0.05) is 6.54 Å². The van der Waals surface area contributed by atoms with Crippen molar-refractivity contribution < 1.29 is 4.92 Å². The first-order valence-electron chi connectivity index (χ1n) is 5.76. The fourth-order valence-corrected chi connectivity index (χ4v) is 1.92. The van der Waals surface area contributed by atoms with E-state index < -0.39 is 4.92 Å². The van der Waals surface area contributed by atoms with Gasteiger partial charge < -0.3 is 5.32 Å². The maximum atomic E-state index is 10.9. The first-order chi connectivity index (χ1) is 8.10. The molecule has 0 saturated carbocycles. The molecule has 4 nitrogen and oxygen atoms in total. The predicted octanol–water partition coefficient (Wildman–Crippen LogP) is 4.10. The van der Waals surface area contributed by atoms with Crippen LogP contribution in [0.1, 0.15) is 26.7 Å². The maximum absolute atomic E-state index is 10.9. The third-order valence-corrected chi connectivity index (χ3v) is 3.21. The second kappa shape index (κ2) is 6.45. The first kappa shape index (κ1) is 13.8. The van der Waals surface area contributed by atoms with Crippen LogP contribution in [0.25, 0.3) is 0 Å². The topological polar surface area (TPSA) is 55.2 Å². The molecule has 0 radical (unpaired) electrons. The second-order valence-electron chi connectivity index (χ2n) is 3.96. The number of hydrogen-bond acceptors (Lipinski definition) is 3. The Labute approximate surface area is 106 Å². The molecule has 1 N–H and O–H groups in total. The van der Waals surface area contributed by atoms with Crippen molar-refractivity contribution in [1.82, 2.24) is 0 Å². The summed E-state index contributed by atoms with van der Waals surface area (Å²) >= 11 is 5.83. The highest BCUT2D eigenvalue weighted by Gasteiger charge is 2.18. The van der Waals surface area contributed by atoms with Crippen molar-refractivity contribution in [1.29, 1.82) is 0 Å². The van der Waals surface area contributed by atoms with Crippen molar-refractivity contribution in [3.8, 4) is 0 Å². The zero-order chi connectivity index (χ0) is 12.8. The van der Waals surface area contributed by atoms with Gasteiger partial charge in [-0.25, -0.2) is 0 Å². The Balaban J connectivity index is 2.84. The van der Waals surface area contributed by atoms with Crippen LogP contribution in [0.2, 0.25) is 5.02 Å². The van der Waals surface area contributed by atoms with Crippen LogP contribution in [0.3, 0.4) is 0 Å². The highest BCUT2D eigenvalue weighted by molar-refractivity contribution is 6.33. The molecule has 0 aliphatic carbocycles. The molecule has 5 heteroatoms. The van der Waals surface area contributed by atoms with Crippen LogP contribution in [-0.4, -0.2) is 11.5 Å². The van der Waals surface area contributed by atoms with Gasteiger partial charge in [-0.1, -0.05) is 44.4 Å². The molecular weight excluding hydrogens is 240 g/mol. The highest BCUT2D eigenvalue weighted by Crippen LogP contribution is 2.32. The molecule has 0 bridgehead atoms. The maximum Gasteiger partial charge on any atom is 0.310 e. The van der Waals surface area contributed by atoms with Gasteiger partial charge in [0.05, 0.1) is 4.92 Å². The van der Waals surface area contributed by atoms with Gasteiger partial charge in [0.2, 0.25) is 0 Å². The van der Waals surface area contributed by atoms with Gasteiger partial charge in [-0.3, -0.25) is 10.1 Å². The molecule has 0 heterocycles. The summed E-state index contributed by atoms with van der Waals surface area (Å²) in [5.41, 5.74) is 0.453. The van der Waals surface area contributed by atoms with E-state index in [0.29, 0.717) is 11.6 Å². The summed E-state index contributed by atoms with van der Waals surface area (Å²) in [4.78, 5) is 10.5. The van der Waals surface area contributed by atoms with Crippen molar-refractivity contribution in [2.75, 3.05) is 11.9 Å². The lowest BCUT2D eigenvalue weighted by atomic mass is 10.0. The van der Waals surface area contributed by atoms with E-state index in [1.54, 1.807) is 12.1 Å². The summed E-state index contributed by atoms with van der Waals surface area (Å²) in [6.45, 7) is 4.96. The summed E-state index contributed by atoms with van der Waals surface area (Å²) in [5.74, 6) is 0.522. The molecule has 0 saturated heterocycles. The van der Waals surface area contributed by atoms with Crippen LogP contribution in [0.4, 0.5) is 11.4 Å².